The average Bonchev–Trinajstić information content (AvgIpc) is 2.55. The van der Waals surface area contributed by atoms with Gasteiger partial charge in [0.15, 0.2) is 5.78 Å². The Morgan fingerprint density at radius 2 is 1.52 bits per heavy atom. The topological polar surface area (TPSA) is 63.2 Å². The molecular weight excluding hydrogens is 334 g/mol. The molecule has 5 heteroatoms. The molecule has 2 rings (SSSR count). The molecule has 0 aliphatic carbocycles. The van der Waals surface area contributed by atoms with Crippen molar-refractivity contribution in [3.63, 3.8) is 0 Å². The van der Waals surface area contributed by atoms with Crippen molar-refractivity contribution in [2.45, 2.75) is 50.8 Å². The fourth-order valence-electron chi connectivity index (χ4n) is 2.44. The lowest BCUT2D eigenvalue weighted by Crippen LogP contribution is -2.15. The van der Waals surface area contributed by atoms with Crippen molar-refractivity contribution in [1.82, 2.24) is 0 Å². The molecule has 2 aromatic carbocycles. The average molecular weight is 359 g/mol. The number of sulfonamides is 1. The number of carbonyl (C=O) groups excluding carboxylic acids is 1. The quantitative estimate of drug-likeness (QED) is 0.756. The highest BCUT2D eigenvalue weighted by atomic mass is 32.2. The van der Waals surface area contributed by atoms with Crippen molar-refractivity contribution < 1.29 is 13.2 Å². The van der Waals surface area contributed by atoms with Crippen molar-refractivity contribution >= 4 is 21.5 Å². The molecule has 0 aliphatic heterocycles. The lowest BCUT2D eigenvalue weighted by atomic mass is 9.87. The number of hydrogen-bond acceptors (Lipinski definition) is 3. The van der Waals surface area contributed by atoms with E-state index in [2.05, 4.69) is 25.5 Å². The van der Waals surface area contributed by atoms with Crippen LogP contribution in [0.3, 0.4) is 0 Å². The summed E-state index contributed by atoms with van der Waals surface area (Å²) in [6.07, 6.45) is 1.28. The Bertz CT molecular complexity index is 830. The van der Waals surface area contributed by atoms with Crippen LogP contribution in [0.5, 0.6) is 0 Å². The molecule has 0 unspecified atom stereocenters. The number of benzene rings is 2. The van der Waals surface area contributed by atoms with Gasteiger partial charge in [0.05, 0.1) is 4.90 Å². The van der Waals surface area contributed by atoms with Crippen LogP contribution in [0.15, 0.2) is 53.4 Å². The van der Waals surface area contributed by atoms with Gasteiger partial charge in [0, 0.05) is 17.7 Å². The lowest BCUT2D eigenvalue weighted by Gasteiger charge is -2.19. The SMILES string of the molecule is CCCC(=O)c1ccc(NS(=O)(=O)c2ccc(C(C)(C)C)cc2)cc1. The van der Waals surface area contributed by atoms with Crippen molar-refractivity contribution in [1.29, 1.82) is 0 Å². The largest absolute Gasteiger partial charge is 0.294 e. The van der Waals surface area contributed by atoms with Crippen LogP contribution in [0.2, 0.25) is 0 Å². The van der Waals surface area contributed by atoms with Crippen molar-refractivity contribution in [3.8, 4) is 0 Å². The van der Waals surface area contributed by atoms with E-state index in [4.69, 9.17) is 0 Å². The van der Waals surface area contributed by atoms with Crippen molar-refractivity contribution in [2.24, 2.45) is 0 Å². The fourth-order valence-corrected chi connectivity index (χ4v) is 3.50. The van der Waals surface area contributed by atoms with Gasteiger partial charge in [-0.05, 0) is 53.8 Å². The molecule has 0 saturated carbocycles. The predicted molar refractivity (Wildman–Crippen MR) is 102 cm³/mol. The molecule has 0 bridgehead atoms. The third-order valence-electron chi connectivity index (χ3n) is 3.97. The third kappa shape index (κ3) is 4.92. The summed E-state index contributed by atoms with van der Waals surface area (Å²) in [5.74, 6) is 0.0645. The molecule has 0 amide bonds. The van der Waals surface area contributed by atoms with Crippen molar-refractivity contribution in [2.75, 3.05) is 4.72 Å². The number of Topliss-reactive ketones (excluding diaryl/α,β-unsaturated/α-hetero) is 1. The highest BCUT2D eigenvalue weighted by Crippen LogP contribution is 2.24. The lowest BCUT2D eigenvalue weighted by molar-refractivity contribution is 0.0982. The van der Waals surface area contributed by atoms with Gasteiger partial charge in [-0.25, -0.2) is 8.42 Å². The minimum Gasteiger partial charge on any atom is -0.294 e. The molecule has 0 atom stereocenters. The second kappa shape index (κ2) is 7.40. The Balaban J connectivity index is 2.17. The minimum absolute atomic E-state index is 0.0312. The number of hydrogen-bond donors (Lipinski definition) is 1. The molecule has 0 spiro atoms. The van der Waals surface area contributed by atoms with Gasteiger partial charge in [-0.15, -0.1) is 0 Å². The summed E-state index contributed by atoms with van der Waals surface area (Å²) in [5.41, 5.74) is 2.08. The number of carbonyl (C=O) groups is 1. The predicted octanol–water partition coefficient (Wildman–Crippen LogP) is 4.77. The molecule has 134 valence electrons. The zero-order valence-corrected chi connectivity index (χ0v) is 16.0. The number of anilines is 1. The second-order valence-corrected chi connectivity index (χ2v) is 8.81. The Morgan fingerprint density at radius 1 is 0.960 bits per heavy atom. The Kier molecular flexibility index (Phi) is 5.68. The molecular formula is C20H25NO3S. The van der Waals surface area contributed by atoms with E-state index in [0.717, 1.165) is 12.0 Å². The smallest absolute Gasteiger partial charge is 0.261 e. The van der Waals surface area contributed by atoms with Gasteiger partial charge in [0.1, 0.15) is 0 Å². The molecule has 0 saturated heterocycles. The fraction of sp³-hybridized carbons (Fsp3) is 0.350. The molecule has 0 radical (unpaired) electrons. The first kappa shape index (κ1) is 19.2. The maximum absolute atomic E-state index is 12.5. The number of nitrogens with one attached hydrogen (secondary N) is 1. The normalized spacial score (nSPS) is 12.0. The molecule has 25 heavy (non-hydrogen) atoms. The van der Waals surface area contributed by atoms with Gasteiger partial charge < -0.3 is 0 Å². The van der Waals surface area contributed by atoms with Crippen molar-refractivity contribution in [3.05, 3.63) is 59.7 Å². The highest BCUT2D eigenvalue weighted by molar-refractivity contribution is 7.92. The summed E-state index contributed by atoms with van der Waals surface area (Å²) in [5, 5.41) is 0. The van der Waals surface area contributed by atoms with E-state index in [1.54, 1.807) is 36.4 Å². The summed E-state index contributed by atoms with van der Waals surface area (Å²) in [7, 11) is -3.65. The zero-order valence-electron chi connectivity index (χ0n) is 15.2. The van der Waals surface area contributed by atoms with Crippen LogP contribution in [0.1, 0.15) is 56.5 Å². The molecule has 0 heterocycles. The molecule has 1 N–H and O–H groups in total. The van der Waals surface area contributed by atoms with Crippen LogP contribution in [0.4, 0.5) is 5.69 Å². The first-order valence-electron chi connectivity index (χ1n) is 8.40. The minimum atomic E-state index is -3.65. The molecule has 4 nitrogen and oxygen atoms in total. The Morgan fingerprint density at radius 3 is 2.00 bits per heavy atom. The van der Waals surface area contributed by atoms with E-state index >= 15 is 0 Å². The van der Waals surface area contributed by atoms with E-state index in [9.17, 15) is 13.2 Å². The zero-order chi connectivity index (χ0) is 18.7. The van der Waals surface area contributed by atoms with E-state index in [-0.39, 0.29) is 16.1 Å². The summed E-state index contributed by atoms with van der Waals surface area (Å²) in [4.78, 5) is 12.1. The summed E-state index contributed by atoms with van der Waals surface area (Å²) >= 11 is 0. The number of rotatable bonds is 6. The first-order chi connectivity index (χ1) is 11.6. The molecule has 0 fully saturated rings. The molecule has 2 aromatic rings. The van der Waals surface area contributed by atoms with Gasteiger partial charge in [0.2, 0.25) is 0 Å². The van der Waals surface area contributed by atoms with Gasteiger partial charge in [-0.3, -0.25) is 9.52 Å². The van der Waals surface area contributed by atoms with Crippen LogP contribution in [-0.4, -0.2) is 14.2 Å². The summed E-state index contributed by atoms with van der Waals surface area (Å²) in [6.45, 7) is 8.19. The van der Waals surface area contributed by atoms with E-state index in [0.29, 0.717) is 17.7 Å². The van der Waals surface area contributed by atoms with Crippen LogP contribution >= 0.6 is 0 Å². The standard InChI is InChI=1S/C20H25NO3S/c1-5-6-19(22)15-7-11-17(12-8-15)21-25(23,24)18-13-9-16(10-14-18)20(2,3)4/h7-14,21H,5-6H2,1-4H3. The maximum Gasteiger partial charge on any atom is 0.261 e. The van der Waals surface area contributed by atoms with Gasteiger partial charge in [-0.1, -0.05) is 39.8 Å². The van der Waals surface area contributed by atoms with E-state index in [1.807, 2.05) is 19.1 Å². The van der Waals surface area contributed by atoms with Crippen LogP contribution in [-0.2, 0) is 15.4 Å². The number of ketones is 1. The summed E-state index contributed by atoms with van der Waals surface area (Å²) in [6, 6.07) is 13.4. The second-order valence-electron chi connectivity index (χ2n) is 7.13. The molecule has 0 aromatic heterocycles. The first-order valence-corrected chi connectivity index (χ1v) is 9.88. The van der Waals surface area contributed by atoms with Gasteiger partial charge >= 0.3 is 0 Å². The van der Waals surface area contributed by atoms with E-state index in [1.165, 1.54) is 0 Å². The highest BCUT2D eigenvalue weighted by Gasteiger charge is 2.17. The third-order valence-corrected chi connectivity index (χ3v) is 5.36. The van der Waals surface area contributed by atoms with Gasteiger partial charge in [0.25, 0.3) is 10.0 Å². The van der Waals surface area contributed by atoms with Gasteiger partial charge in [-0.2, -0.15) is 0 Å². The monoisotopic (exact) mass is 359 g/mol. The Labute approximate surface area is 150 Å². The van der Waals surface area contributed by atoms with Crippen LogP contribution < -0.4 is 4.72 Å². The summed E-state index contributed by atoms with van der Waals surface area (Å²) < 4.78 is 27.6. The van der Waals surface area contributed by atoms with Crippen LogP contribution in [0, 0.1) is 0 Å². The maximum atomic E-state index is 12.5. The van der Waals surface area contributed by atoms with Crippen LogP contribution in [0.25, 0.3) is 0 Å². The van der Waals surface area contributed by atoms with E-state index < -0.39 is 10.0 Å². The Hall–Kier alpha value is -2.14. The molecule has 0 aliphatic rings.